The molecule has 1 N–H and O–H groups in total. The number of halogens is 1. The molecule has 112 valence electrons. The van der Waals surface area contributed by atoms with Crippen molar-refractivity contribution in [3.63, 3.8) is 0 Å². The van der Waals surface area contributed by atoms with E-state index in [4.69, 9.17) is 9.47 Å². The molecule has 1 aromatic carbocycles. The molecule has 0 fully saturated rings. The van der Waals surface area contributed by atoms with E-state index in [0.29, 0.717) is 12.6 Å². The molecule has 4 nitrogen and oxygen atoms in total. The number of methoxy groups -OCH3 is 1. The summed E-state index contributed by atoms with van der Waals surface area (Å²) in [5.74, 6) is 0.712. The van der Waals surface area contributed by atoms with Gasteiger partial charge in [-0.2, -0.15) is 0 Å². The highest BCUT2D eigenvalue weighted by atomic mass is 35.5. The predicted molar refractivity (Wildman–Crippen MR) is 80.7 cm³/mol. The van der Waals surface area contributed by atoms with Gasteiger partial charge in [0.1, 0.15) is 5.75 Å². The van der Waals surface area contributed by atoms with Crippen LogP contribution in [0.4, 0.5) is 0 Å². The Morgan fingerprint density at radius 2 is 2.20 bits per heavy atom. The molecule has 0 aromatic heterocycles. The largest absolute Gasteiger partial charge is 0.497 e. The van der Waals surface area contributed by atoms with E-state index in [9.17, 15) is 4.79 Å². The Kier molecular flexibility index (Phi) is 6.82. The molecule has 2 rings (SSSR count). The van der Waals surface area contributed by atoms with Crippen molar-refractivity contribution >= 4 is 18.4 Å². The first kappa shape index (κ1) is 16.8. The van der Waals surface area contributed by atoms with Crippen molar-refractivity contribution in [2.75, 3.05) is 20.3 Å². The molecule has 20 heavy (non-hydrogen) atoms. The summed E-state index contributed by atoms with van der Waals surface area (Å²) in [4.78, 5) is 11.3. The molecule has 0 saturated carbocycles. The van der Waals surface area contributed by atoms with Gasteiger partial charge in [-0.3, -0.25) is 4.79 Å². The third kappa shape index (κ3) is 4.39. The summed E-state index contributed by atoms with van der Waals surface area (Å²) in [6.45, 7) is 2.55. The lowest BCUT2D eigenvalue weighted by Gasteiger charge is -2.25. The van der Waals surface area contributed by atoms with E-state index in [0.717, 1.165) is 25.0 Å². The quantitative estimate of drug-likeness (QED) is 0.846. The molecule has 1 aliphatic rings. The maximum absolute atomic E-state index is 11.3. The average Bonchev–Trinajstić information content (AvgIpc) is 2.44. The van der Waals surface area contributed by atoms with Crippen LogP contribution >= 0.6 is 12.4 Å². The van der Waals surface area contributed by atoms with Crippen molar-refractivity contribution in [2.45, 2.75) is 32.2 Å². The van der Waals surface area contributed by atoms with Gasteiger partial charge in [-0.25, -0.2) is 0 Å². The number of benzene rings is 1. The van der Waals surface area contributed by atoms with Gasteiger partial charge >= 0.3 is 5.97 Å². The summed E-state index contributed by atoms with van der Waals surface area (Å²) in [5.41, 5.74) is 2.70. The minimum absolute atomic E-state index is 0. The smallest absolute Gasteiger partial charge is 0.319 e. The van der Waals surface area contributed by atoms with Gasteiger partial charge in [0.2, 0.25) is 0 Å². The van der Waals surface area contributed by atoms with Crippen LogP contribution in [0.3, 0.4) is 0 Å². The van der Waals surface area contributed by atoms with Crippen molar-refractivity contribution in [1.82, 2.24) is 5.32 Å². The zero-order valence-corrected chi connectivity index (χ0v) is 12.8. The standard InChI is InChI=1S/C15H21NO3.ClH/c1-3-19-15(17)10-16-13-6-4-11-5-7-14(18-2)9-12(11)8-13;/h5,7,9,13,16H,3-4,6,8,10H2,1-2H3;1H. The minimum atomic E-state index is -0.182. The number of hydrogen-bond donors (Lipinski definition) is 1. The van der Waals surface area contributed by atoms with E-state index in [2.05, 4.69) is 17.4 Å². The first-order chi connectivity index (χ1) is 9.22. The molecule has 1 unspecified atom stereocenters. The summed E-state index contributed by atoms with van der Waals surface area (Å²) in [7, 11) is 1.68. The van der Waals surface area contributed by atoms with E-state index in [1.165, 1.54) is 11.1 Å². The number of aryl methyl sites for hydroxylation is 1. The van der Waals surface area contributed by atoms with E-state index >= 15 is 0 Å². The van der Waals surface area contributed by atoms with E-state index in [1.807, 2.05) is 13.0 Å². The summed E-state index contributed by atoms with van der Waals surface area (Å²) in [6, 6.07) is 6.57. The number of ether oxygens (including phenoxy) is 2. The Hall–Kier alpha value is -1.26. The van der Waals surface area contributed by atoms with Crippen molar-refractivity contribution in [3.05, 3.63) is 29.3 Å². The first-order valence-electron chi connectivity index (χ1n) is 6.77. The number of rotatable bonds is 5. The van der Waals surface area contributed by atoms with Crippen LogP contribution in [0.2, 0.25) is 0 Å². The highest BCUT2D eigenvalue weighted by molar-refractivity contribution is 5.85. The molecule has 0 amide bonds. The second kappa shape index (κ2) is 8.12. The normalized spacial score (nSPS) is 16.8. The van der Waals surface area contributed by atoms with Gasteiger partial charge in [-0.15, -0.1) is 12.4 Å². The topological polar surface area (TPSA) is 47.6 Å². The fourth-order valence-corrected chi connectivity index (χ4v) is 2.47. The lowest BCUT2D eigenvalue weighted by molar-refractivity contribution is -0.142. The van der Waals surface area contributed by atoms with E-state index in [1.54, 1.807) is 7.11 Å². The summed E-state index contributed by atoms with van der Waals surface area (Å²) < 4.78 is 10.2. The molecule has 1 aromatic rings. The van der Waals surface area contributed by atoms with Gasteiger partial charge in [-0.1, -0.05) is 6.07 Å². The molecular formula is C15H22ClNO3. The SMILES string of the molecule is CCOC(=O)CNC1CCc2ccc(OC)cc2C1.Cl. The molecule has 0 bridgehead atoms. The number of nitrogens with one attached hydrogen (secondary N) is 1. The molecule has 0 aliphatic heterocycles. The van der Waals surface area contributed by atoms with Gasteiger partial charge in [0, 0.05) is 6.04 Å². The zero-order valence-electron chi connectivity index (χ0n) is 12.0. The highest BCUT2D eigenvalue weighted by Crippen LogP contribution is 2.25. The van der Waals surface area contributed by atoms with Crippen molar-refractivity contribution in [3.8, 4) is 5.75 Å². The zero-order chi connectivity index (χ0) is 13.7. The van der Waals surface area contributed by atoms with Crippen LogP contribution in [-0.4, -0.2) is 32.3 Å². The number of carbonyl (C=O) groups excluding carboxylic acids is 1. The maximum atomic E-state index is 11.3. The maximum Gasteiger partial charge on any atom is 0.319 e. The molecule has 0 spiro atoms. The number of esters is 1. The number of carbonyl (C=O) groups is 1. The summed E-state index contributed by atoms with van der Waals surface area (Å²) in [6.07, 6.45) is 3.03. The molecule has 5 heteroatoms. The Bertz CT molecular complexity index is 451. The highest BCUT2D eigenvalue weighted by Gasteiger charge is 2.19. The summed E-state index contributed by atoms with van der Waals surface area (Å²) >= 11 is 0. The molecule has 1 atom stereocenters. The van der Waals surface area contributed by atoms with Gasteiger partial charge in [0.25, 0.3) is 0 Å². The van der Waals surface area contributed by atoms with E-state index < -0.39 is 0 Å². The van der Waals surface area contributed by atoms with Gasteiger partial charge in [-0.05, 0) is 49.4 Å². The van der Waals surface area contributed by atoms with Crippen molar-refractivity contribution in [1.29, 1.82) is 0 Å². The Labute approximate surface area is 126 Å². The molecular weight excluding hydrogens is 278 g/mol. The van der Waals surface area contributed by atoms with Crippen LogP contribution in [0.15, 0.2) is 18.2 Å². The van der Waals surface area contributed by atoms with Gasteiger partial charge in [0.05, 0.1) is 20.3 Å². The Morgan fingerprint density at radius 3 is 2.90 bits per heavy atom. The number of fused-ring (bicyclic) bond motifs is 1. The van der Waals surface area contributed by atoms with Crippen LogP contribution in [0.25, 0.3) is 0 Å². The monoisotopic (exact) mass is 299 g/mol. The fourth-order valence-electron chi connectivity index (χ4n) is 2.47. The third-order valence-electron chi connectivity index (χ3n) is 3.48. The number of hydrogen-bond acceptors (Lipinski definition) is 4. The fraction of sp³-hybridized carbons (Fsp3) is 0.533. The van der Waals surface area contributed by atoms with Crippen molar-refractivity contribution in [2.24, 2.45) is 0 Å². The van der Waals surface area contributed by atoms with E-state index in [-0.39, 0.29) is 24.9 Å². The first-order valence-corrected chi connectivity index (χ1v) is 6.77. The predicted octanol–water partition coefficient (Wildman–Crippen LogP) is 2.13. The lowest BCUT2D eigenvalue weighted by atomic mass is 9.88. The molecule has 0 radical (unpaired) electrons. The Balaban J connectivity index is 0.00000200. The van der Waals surface area contributed by atoms with Gasteiger partial charge < -0.3 is 14.8 Å². The van der Waals surface area contributed by atoms with Crippen LogP contribution in [0, 0.1) is 0 Å². The molecule has 0 heterocycles. The molecule has 1 aliphatic carbocycles. The third-order valence-corrected chi connectivity index (χ3v) is 3.48. The average molecular weight is 300 g/mol. The van der Waals surface area contributed by atoms with Crippen molar-refractivity contribution < 1.29 is 14.3 Å². The van der Waals surface area contributed by atoms with Crippen LogP contribution < -0.4 is 10.1 Å². The second-order valence-electron chi connectivity index (χ2n) is 4.76. The van der Waals surface area contributed by atoms with Gasteiger partial charge in [0.15, 0.2) is 0 Å². The summed E-state index contributed by atoms with van der Waals surface area (Å²) in [5, 5.41) is 3.27. The second-order valence-corrected chi connectivity index (χ2v) is 4.76. The minimum Gasteiger partial charge on any atom is -0.497 e. The van der Waals surface area contributed by atoms with Crippen LogP contribution in [0.5, 0.6) is 5.75 Å². The molecule has 0 saturated heterocycles. The van der Waals surface area contributed by atoms with Crippen LogP contribution in [0.1, 0.15) is 24.5 Å². The Morgan fingerprint density at radius 1 is 1.40 bits per heavy atom. The van der Waals surface area contributed by atoms with Crippen LogP contribution in [-0.2, 0) is 22.4 Å². The lowest BCUT2D eigenvalue weighted by Crippen LogP contribution is -2.38.